The van der Waals surface area contributed by atoms with Crippen LogP contribution in [0.2, 0.25) is 5.02 Å². The molecule has 0 saturated heterocycles. The summed E-state index contributed by atoms with van der Waals surface area (Å²) in [5.41, 5.74) is 3.70. The third-order valence-corrected chi connectivity index (χ3v) is 4.36. The third kappa shape index (κ3) is 3.86. The molecule has 0 aliphatic carbocycles. The van der Waals surface area contributed by atoms with Gasteiger partial charge in [0.15, 0.2) is 0 Å². The van der Waals surface area contributed by atoms with Crippen molar-refractivity contribution in [3.63, 3.8) is 0 Å². The first-order valence-electron chi connectivity index (χ1n) is 8.04. The van der Waals surface area contributed by atoms with Crippen LogP contribution in [-0.2, 0) is 19.5 Å². The molecule has 1 heterocycles. The zero-order valence-corrected chi connectivity index (χ0v) is 14.6. The van der Waals surface area contributed by atoms with Gasteiger partial charge in [-0.15, -0.1) is 0 Å². The fourth-order valence-electron chi connectivity index (χ4n) is 2.87. The van der Waals surface area contributed by atoms with E-state index in [9.17, 15) is 4.79 Å². The summed E-state index contributed by atoms with van der Waals surface area (Å²) in [7, 11) is 2.04. The van der Waals surface area contributed by atoms with Crippen LogP contribution in [0.3, 0.4) is 0 Å². The lowest BCUT2D eigenvalue weighted by molar-refractivity contribution is 0.319. The lowest BCUT2D eigenvalue weighted by atomic mass is 10.1. The molecule has 0 atom stereocenters. The van der Waals surface area contributed by atoms with Crippen molar-refractivity contribution in [1.29, 1.82) is 0 Å². The summed E-state index contributed by atoms with van der Waals surface area (Å²) in [4.78, 5) is 14.1. The zero-order valence-electron chi connectivity index (χ0n) is 13.9. The Hall–Kier alpha value is -2.10. The van der Waals surface area contributed by atoms with Crippen molar-refractivity contribution < 1.29 is 4.42 Å². The molecule has 4 heteroatoms. The van der Waals surface area contributed by atoms with Gasteiger partial charge in [-0.2, -0.15) is 0 Å². The summed E-state index contributed by atoms with van der Waals surface area (Å²) in [6.07, 6.45) is 0.917. The number of nitrogens with zero attached hydrogens (tertiary/aromatic N) is 1. The van der Waals surface area contributed by atoms with E-state index < -0.39 is 0 Å². The summed E-state index contributed by atoms with van der Waals surface area (Å²) >= 11 is 5.93. The molecule has 0 fully saturated rings. The Balaban J connectivity index is 1.86. The van der Waals surface area contributed by atoms with Gasteiger partial charge in [0.05, 0.1) is 0 Å². The van der Waals surface area contributed by atoms with Crippen LogP contribution >= 0.6 is 11.6 Å². The van der Waals surface area contributed by atoms with Crippen LogP contribution in [0.1, 0.15) is 23.6 Å². The van der Waals surface area contributed by atoms with Crippen molar-refractivity contribution in [2.75, 3.05) is 7.05 Å². The molecule has 0 aliphatic rings. The van der Waals surface area contributed by atoms with Gasteiger partial charge in [-0.05, 0) is 48.4 Å². The van der Waals surface area contributed by atoms with E-state index in [1.165, 1.54) is 5.56 Å². The average Bonchev–Trinajstić information content (AvgIpc) is 2.56. The summed E-state index contributed by atoms with van der Waals surface area (Å²) in [5, 5.41) is 1.73. The fraction of sp³-hybridized carbons (Fsp3) is 0.250. The second kappa shape index (κ2) is 7.20. The van der Waals surface area contributed by atoms with Gasteiger partial charge in [-0.3, -0.25) is 4.90 Å². The normalized spacial score (nSPS) is 11.3. The van der Waals surface area contributed by atoms with Crippen LogP contribution in [0.4, 0.5) is 0 Å². The van der Waals surface area contributed by atoms with Crippen LogP contribution in [0.15, 0.2) is 57.7 Å². The number of fused-ring (bicyclic) bond motifs is 1. The second-order valence-electron chi connectivity index (χ2n) is 6.07. The molecule has 3 nitrogen and oxygen atoms in total. The number of aryl methyl sites for hydroxylation is 1. The molecule has 0 spiro atoms. The van der Waals surface area contributed by atoms with Crippen LogP contribution in [0.5, 0.6) is 0 Å². The van der Waals surface area contributed by atoms with Crippen molar-refractivity contribution in [2.45, 2.75) is 26.4 Å². The van der Waals surface area contributed by atoms with E-state index in [0.29, 0.717) is 12.1 Å². The molecule has 3 aromatic rings. The highest BCUT2D eigenvalue weighted by Gasteiger charge is 2.09. The molecule has 0 saturated carbocycles. The van der Waals surface area contributed by atoms with E-state index >= 15 is 0 Å². The van der Waals surface area contributed by atoms with Gasteiger partial charge in [0.25, 0.3) is 0 Å². The van der Waals surface area contributed by atoms with E-state index in [2.05, 4.69) is 17.9 Å². The van der Waals surface area contributed by atoms with Gasteiger partial charge in [0.2, 0.25) is 0 Å². The number of rotatable bonds is 5. The van der Waals surface area contributed by atoms with Crippen LogP contribution < -0.4 is 5.63 Å². The standard InChI is InChI=1S/C20H20ClNO2/c1-3-14-6-9-18-16(11-20(23)24-19(18)10-14)13-22(2)12-15-4-7-17(21)8-5-15/h4-11H,3,12-13H2,1-2H3. The Bertz CT molecular complexity index is 900. The van der Waals surface area contributed by atoms with Crippen molar-refractivity contribution >= 4 is 22.6 Å². The van der Waals surface area contributed by atoms with Gasteiger partial charge in [-0.1, -0.05) is 42.8 Å². The largest absolute Gasteiger partial charge is 0.423 e. The Kier molecular flexibility index (Phi) is 5.03. The fourth-order valence-corrected chi connectivity index (χ4v) is 3.00. The molecule has 3 rings (SSSR count). The SMILES string of the molecule is CCc1ccc2c(CN(C)Cc3ccc(Cl)cc3)cc(=O)oc2c1. The van der Waals surface area contributed by atoms with E-state index in [0.717, 1.165) is 34.5 Å². The van der Waals surface area contributed by atoms with Crippen molar-refractivity contribution in [3.05, 3.63) is 80.7 Å². The topological polar surface area (TPSA) is 33.5 Å². The first-order chi connectivity index (χ1) is 11.5. The van der Waals surface area contributed by atoms with Crippen molar-refractivity contribution in [3.8, 4) is 0 Å². The van der Waals surface area contributed by atoms with Crippen molar-refractivity contribution in [2.24, 2.45) is 0 Å². The van der Waals surface area contributed by atoms with Crippen LogP contribution in [0.25, 0.3) is 11.0 Å². The molecular formula is C20H20ClNO2. The highest BCUT2D eigenvalue weighted by Crippen LogP contribution is 2.21. The monoisotopic (exact) mass is 341 g/mol. The lowest BCUT2D eigenvalue weighted by Crippen LogP contribution is -2.18. The first kappa shape index (κ1) is 16.7. The van der Waals surface area contributed by atoms with Gasteiger partial charge in [0, 0.05) is 29.6 Å². The maximum absolute atomic E-state index is 11.9. The summed E-state index contributed by atoms with van der Waals surface area (Å²) in [5.74, 6) is 0. The molecule has 0 amide bonds. The smallest absolute Gasteiger partial charge is 0.336 e. The molecule has 0 N–H and O–H groups in total. The maximum Gasteiger partial charge on any atom is 0.336 e. The predicted octanol–water partition coefficient (Wildman–Crippen LogP) is 4.64. The lowest BCUT2D eigenvalue weighted by Gasteiger charge is -2.18. The van der Waals surface area contributed by atoms with E-state index in [4.69, 9.17) is 16.0 Å². The minimum atomic E-state index is -0.300. The predicted molar refractivity (Wildman–Crippen MR) is 98.5 cm³/mol. The Morgan fingerprint density at radius 3 is 2.42 bits per heavy atom. The molecule has 1 aromatic heterocycles. The number of halogens is 1. The van der Waals surface area contributed by atoms with Gasteiger partial charge >= 0.3 is 5.63 Å². The van der Waals surface area contributed by atoms with Crippen molar-refractivity contribution in [1.82, 2.24) is 4.90 Å². The summed E-state index contributed by atoms with van der Waals surface area (Å²) < 4.78 is 5.37. The van der Waals surface area contributed by atoms with Crippen LogP contribution in [0, 0.1) is 0 Å². The van der Waals surface area contributed by atoms with Gasteiger partial charge < -0.3 is 4.42 Å². The summed E-state index contributed by atoms with van der Waals surface area (Å²) in [6, 6.07) is 15.5. The highest BCUT2D eigenvalue weighted by molar-refractivity contribution is 6.30. The zero-order chi connectivity index (χ0) is 17.1. The molecule has 124 valence electrons. The van der Waals surface area contributed by atoms with E-state index in [-0.39, 0.29) is 5.63 Å². The number of benzene rings is 2. The molecule has 0 unspecified atom stereocenters. The second-order valence-corrected chi connectivity index (χ2v) is 6.51. The minimum Gasteiger partial charge on any atom is -0.423 e. The average molecular weight is 342 g/mol. The van der Waals surface area contributed by atoms with Gasteiger partial charge in [0.1, 0.15) is 5.58 Å². The van der Waals surface area contributed by atoms with E-state index in [1.807, 2.05) is 43.4 Å². The Morgan fingerprint density at radius 2 is 1.71 bits per heavy atom. The summed E-state index contributed by atoms with van der Waals surface area (Å²) in [6.45, 7) is 3.55. The molecule has 24 heavy (non-hydrogen) atoms. The minimum absolute atomic E-state index is 0.300. The molecule has 0 aliphatic heterocycles. The molecule has 0 bridgehead atoms. The molecule has 2 aromatic carbocycles. The number of hydrogen-bond donors (Lipinski definition) is 0. The molecular weight excluding hydrogens is 322 g/mol. The maximum atomic E-state index is 11.9. The van der Waals surface area contributed by atoms with E-state index in [1.54, 1.807) is 6.07 Å². The van der Waals surface area contributed by atoms with Gasteiger partial charge in [-0.25, -0.2) is 4.79 Å². The molecule has 0 radical (unpaired) electrons. The first-order valence-corrected chi connectivity index (χ1v) is 8.41. The quantitative estimate of drug-likeness (QED) is 0.634. The highest BCUT2D eigenvalue weighted by atomic mass is 35.5. The Labute approximate surface area is 146 Å². The number of hydrogen-bond acceptors (Lipinski definition) is 3. The Morgan fingerprint density at radius 1 is 1.00 bits per heavy atom. The third-order valence-electron chi connectivity index (χ3n) is 4.11. The van der Waals surface area contributed by atoms with Crippen LogP contribution in [-0.4, -0.2) is 11.9 Å².